The van der Waals surface area contributed by atoms with Crippen molar-refractivity contribution in [2.45, 2.75) is 56.6 Å². The second kappa shape index (κ2) is 11.7. The van der Waals surface area contributed by atoms with E-state index in [0.29, 0.717) is 12.3 Å². The molecule has 0 radical (unpaired) electrons. The fraction of sp³-hybridized carbons (Fsp3) is 0.438. The predicted molar refractivity (Wildman–Crippen MR) is 146 cm³/mol. The first-order chi connectivity index (χ1) is 17.4. The molecule has 0 bridgehead atoms. The first-order valence-corrected chi connectivity index (χ1v) is 13.3. The first kappa shape index (κ1) is 26.6. The zero-order valence-corrected chi connectivity index (χ0v) is 21.7. The fourth-order valence-corrected chi connectivity index (χ4v) is 5.48. The highest BCUT2D eigenvalue weighted by Crippen LogP contribution is 2.39. The lowest BCUT2D eigenvalue weighted by Gasteiger charge is -2.39. The lowest BCUT2D eigenvalue weighted by atomic mass is 9.80. The minimum absolute atomic E-state index is 0.103. The molecule has 3 aromatic rings. The maximum absolute atomic E-state index is 12.1. The number of piperidine rings is 1. The summed E-state index contributed by atoms with van der Waals surface area (Å²) in [4.78, 5) is 2.52. The summed E-state index contributed by atoms with van der Waals surface area (Å²) in [7, 11) is 0. The van der Waals surface area contributed by atoms with E-state index in [0.717, 1.165) is 49.0 Å². The van der Waals surface area contributed by atoms with Crippen LogP contribution in [-0.2, 0) is 11.0 Å². The molecule has 4 nitrogen and oxygen atoms in total. The van der Waals surface area contributed by atoms with Crippen LogP contribution in [0.2, 0.25) is 0 Å². The monoisotopic (exact) mass is 487 g/mol. The minimum atomic E-state index is -1.08. The van der Waals surface area contributed by atoms with E-state index in [1.807, 2.05) is 60.7 Å². The molecule has 0 aromatic heterocycles. The molecular weight excluding hydrogens is 446 g/mol. The topological polar surface area (TPSA) is 63.9 Å². The van der Waals surface area contributed by atoms with Gasteiger partial charge in [-0.15, -0.1) is 0 Å². The summed E-state index contributed by atoms with van der Waals surface area (Å²) in [6, 6.07) is 28.8. The SMILES string of the molecule is CC(C)(CO)c1ccc(C(CCC(O)(c2ccccc2)c2ccccc2)N2CCC(CO)CC2)cc1. The standard InChI is InChI=1S/C32H41NO3/c1-31(2,24-35)27-15-13-26(14-16-27)30(33-21-18-25(23-34)19-22-33)17-20-32(36,28-9-5-3-6-10-28)29-11-7-4-8-12-29/h3-16,25,30,34-36H,17-24H2,1-2H3. The summed E-state index contributed by atoms with van der Waals surface area (Å²) >= 11 is 0. The van der Waals surface area contributed by atoms with E-state index < -0.39 is 5.60 Å². The van der Waals surface area contributed by atoms with Gasteiger partial charge in [0.2, 0.25) is 0 Å². The molecule has 3 aromatic carbocycles. The third-order valence-corrected chi connectivity index (χ3v) is 8.10. The quantitative estimate of drug-likeness (QED) is 0.357. The number of aliphatic hydroxyl groups is 3. The van der Waals surface area contributed by atoms with Crippen molar-refractivity contribution in [2.75, 3.05) is 26.3 Å². The molecule has 0 amide bonds. The lowest BCUT2D eigenvalue weighted by Crippen LogP contribution is -2.39. The van der Waals surface area contributed by atoms with Crippen molar-refractivity contribution in [2.24, 2.45) is 5.92 Å². The van der Waals surface area contributed by atoms with Crippen LogP contribution in [0.3, 0.4) is 0 Å². The molecule has 4 heteroatoms. The maximum Gasteiger partial charge on any atom is 0.115 e. The Kier molecular flexibility index (Phi) is 8.63. The molecule has 3 N–H and O–H groups in total. The summed E-state index contributed by atoms with van der Waals surface area (Å²) in [5.74, 6) is 0.375. The van der Waals surface area contributed by atoms with E-state index in [2.05, 4.69) is 43.0 Å². The lowest BCUT2D eigenvalue weighted by molar-refractivity contribution is 0.0459. The molecule has 192 valence electrons. The van der Waals surface area contributed by atoms with Gasteiger partial charge in [0.1, 0.15) is 5.60 Å². The van der Waals surface area contributed by atoms with Gasteiger partial charge in [-0.1, -0.05) is 98.8 Å². The van der Waals surface area contributed by atoms with E-state index in [9.17, 15) is 15.3 Å². The number of hydrogen-bond donors (Lipinski definition) is 3. The zero-order chi connectivity index (χ0) is 25.6. The van der Waals surface area contributed by atoms with Crippen LogP contribution in [0.15, 0.2) is 84.9 Å². The second-order valence-electron chi connectivity index (χ2n) is 11.0. The van der Waals surface area contributed by atoms with Crippen molar-refractivity contribution in [1.29, 1.82) is 0 Å². The predicted octanol–water partition coefficient (Wildman–Crippen LogP) is 5.42. The van der Waals surface area contributed by atoms with Gasteiger partial charge < -0.3 is 15.3 Å². The van der Waals surface area contributed by atoms with Crippen LogP contribution in [0.4, 0.5) is 0 Å². The summed E-state index contributed by atoms with van der Waals surface area (Å²) in [5.41, 5.74) is 2.81. The van der Waals surface area contributed by atoms with Crippen molar-refractivity contribution in [3.63, 3.8) is 0 Å². The third-order valence-electron chi connectivity index (χ3n) is 8.10. The van der Waals surface area contributed by atoms with Crippen molar-refractivity contribution in [1.82, 2.24) is 4.90 Å². The summed E-state index contributed by atoms with van der Waals surface area (Å²) in [6.07, 6.45) is 3.37. The normalized spacial score (nSPS) is 16.7. The summed E-state index contributed by atoms with van der Waals surface area (Å²) in [6.45, 7) is 6.35. The summed E-state index contributed by atoms with van der Waals surface area (Å²) < 4.78 is 0. The number of nitrogens with zero attached hydrogens (tertiary/aromatic N) is 1. The molecule has 1 atom stereocenters. The van der Waals surface area contributed by atoms with Crippen molar-refractivity contribution in [3.05, 3.63) is 107 Å². The average Bonchev–Trinajstić information content (AvgIpc) is 2.94. The molecule has 1 unspecified atom stereocenters. The molecule has 1 heterocycles. The fourth-order valence-electron chi connectivity index (χ4n) is 5.48. The highest BCUT2D eigenvalue weighted by molar-refractivity contribution is 5.36. The summed E-state index contributed by atoms with van der Waals surface area (Å²) in [5, 5.41) is 31.6. The Balaban J connectivity index is 1.64. The molecule has 1 fully saturated rings. The van der Waals surface area contributed by atoms with Gasteiger partial charge in [0.05, 0.1) is 6.61 Å². The van der Waals surface area contributed by atoms with Crippen LogP contribution < -0.4 is 0 Å². The van der Waals surface area contributed by atoms with Gasteiger partial charge in [-0.2, -0.15) is 0 Å². The largest absolute Gasteiger partial charge is 0.396 e. The molecule has 1 aliphatic heterocycles. The number of rotatable bonds is 10. The molecule has 0 aliphatic carbocycles. The number of likely N-dealkylation sites (tertiary alicyclic amines) is 1. The molecular formula is C32H41NO3. The van der Waals surface area contributed by atoms with E-state index in [1.54, 1.807) is 0 Å². The Morgan fingerprint density at radius 1 is 0.778 bits per heavy atom. The Morgan fingerprint density at radius 2 is 1.31 bits per heavy atom. The van der Waals surface area contributed by atoms with Gasteiger partial charge in [-0.25, -0.2) is 0 Å². The highest BCUT2D eigenvalue weighted by Gasteiger charge is 2.34. The first-order valence-electron chi connectivity index (χ1n) is 13.3. The van der Waals surface area contributed by atoms with Crippen LogP contribution in [0.25, 0.3) is 0 Å². The smallest absolute Gasteiger partial charge is 0.115 e. The molecule has 4 rings (SSSR count). The van der Waals surface area contributed by atoms with E-state index in [-0.39, 0.29) is 24.7 Å². The minimum Gasteiger partial charge on any atom is -0.396 e. The number of hydrogen-bond acceptors (Lipinski definition) is 4. The van der Waals surface area contributed by atoms with Crippen LogP contribution in [0.1, 0.15) is 67.8 Å². The van der Waals surface area contributed by atoms with Gasteiger partial charge in [0.25, 0.3) is 0 Å². The van der Waals surface area contributed by atoms with Crippen LogP contribution in [0, 0.1) is 5.92 Å². The zero-order valence-electron chi connectivity index (χ0n) is 21.7. The van der Waals surface area contributed by atoms with Crippen molar-refractivity contribution in [3.8, 4) is 0 Å². The van der Waals surface area contributed by atoms with Crippen molar-refractivity contribution >= 4 is 0 Å². The Morgan fingerprint density at radius 3 is 1.78 bits per heavy atom. The highest BCUT2D eigenvalue weighted by atomic mass is 16.3. The van der Waals surface area contributed by atoms with Crippen LogP contribution >= 0.6 is 0 Å². The molecule has 36 heavy (non-hydrogen) atoms. The molecule has 0 spiro atoms. The Labute approximate surface area is 216 Å². The number of benzene rings is 3. The Bertz CT molecular complexity index is 1020. The van der Waals surface area contributed by atoms with E-state index >= 15 is 0 Å². The maximum atomic E-state index is 12.1. The molecule has 0 saturated carbocycles. The van der Waals surface area contributed by atoms with Gasteiger partial charge >= 0.3 is 0 Å². The van der Waals surface area contributed by atoms with Gasteiger partial charge in [-0.05, 0) is 66.9 Å². The average molecular weight is 488 g/mol. The van der Waals surface area contributed by atoms with Gasteiger partial charge in [-0.3, -0.25) is 4.90 Å². The van der Waals surface area contributed by atoms with Gasteiger partial charge in [0.15, 0.2) is 0 Å². The van der Waals surface area contributed by atoms with Crippen molar-refractivity contribution < 1.29 is 15.3 Å². The number of aliphatic hydroxyl groups excluding tert-OH is 2. The van der Waals surface area contributed by atoms with E-state index in [1.165, 1.54) is 5.56 Å². The third kappa shape index (κ3) is 5.90. The van der Waals surface area contributed by atoms with Crippen LogP contribution in [0.5, 0.6) is 0 Å². The van der Waals surface area contributed by atoms with Gasteiger partial charge in [0, 0.05) is 18.1 Å². The second-order valence-corrected chi connectivity index (χ2v) is 11.0. The molecule has 1 saturated heterocycles. The van der Waals surface area contributed by atoms with E-state index in [4.69, 9.17) is 0 Å². The Hall–Kier alpha value is -2.50. The molecule has 1 aliphatic rings. The van der Waals surface area contributed by atoms with Crippen LogP contribution in [-0.4, -0.2) is 46.5 Å².